The minimum Gasteiger partial charge on any atom is -0.322 e. The summed E-state index contributed by atoms with van der Waals surface area (Å²) < 4.78 is 0. The van der Waals surface area contributed by atoms with Gasteiger partial charge in [-0.1, -0.05) is 119 Å². The average Bonchev–Trinajstić information content (AvgIpc) is 3.36. The molecule has 2 amide bonds. The Balaban J connectivity index is 1.28. The first kappa shape index (κ1) is 31.0. The summed E-state index contributed by atoms with van der Waals surface area (Å²) in [5.41, 5.74) is 7.93. The molecular weight excluding hydrogens is 670 g/mol. The maximum absolute atomic E-state index is 13.0. The molecule has 0 bridgehead atoms. The Labute approximate surface area is 291 Å². The summed E-state index contributed by atoms with van der Waals surface area (Å²) in [7, 11) is 0. The number of amides is 2. The van der Waals surface area contributed by atoms with Gasteiger partial charge in [-0.3, -0.25) is 9.59 Å². The van der Waals surface area contributed by atoms with Gasteiger partial charge in [0.2, 0.25) is 0 Å². The first-order valence-electron chi connectivity index (χ1n) is 14.7. The monoisotopic (exact) mass is 692 g/mol. The summed E-state index contributed by atoms with van der Waals surface area (Å²) in [5.74, 6) is -0.628. The van der Waals surface area contributed by atoms with Gasteiger partial charge in [0.15, 0.2) is 0 Å². The van der Waals surface area contributed by atoms with Crippen LogP contribution in [0.25, 0.3) is 11.1 Å². The quantitative estimate of drug-likeness (QED) is 0.182. The molecule has 6 aromatic carbocycles. The summed E-state index contributed by atoms with van der Waals surface area (Å²) in [6, 6.07) is 42.0. The van der Waals surface area contributed by atoms with Crippen molar-refractivity contribution in [2.45, 2.75) is 5.41 Å². The topological polar surface area (TPSA) is 58.2 Å². The van der Waals surface area contributed by atoms with Gasteiger partial charge in [0.25, 0.3) is 11.8 Å². The van der Waals surface area contributed by atoms with Gasteiger partial charge in [-0.25, -0.2) is 0 Å². The van der Waals surface area contributed by atoms with Gasteiger partial charge < -0.3 is 10.6 Å². The fourth-order valence-corrected chi connectivity index (χ4v) is 7.46. The highest BCUT2D eigenvalue weighted by Crippen LogP contribution is 2.56. The van der Waals surface area contributed by atoms with Crippen molar-refractivity contribution in [1.29, 1.82) is 0 Å². The third kappa shape index (κ3) is 5.79. The van der Waals surface area contributed by atoms with E-state index in [1.807, 2.05) is 60.7 Å². The molecule has 6 aromatic rings. The molecule has 2 N–H and O–H groups in total. The van der Waals surface area contributed by atoms with Crippen molar-refractivity contribution in [2.24, 2.45) is 0 Å². The van der Waals surface area contributed by atoms with E-state index in [-0.39, 0.29) is 11.8 Å². The van der Waals surface area contributed by atoms with Crippen molar-refractivity contribution in [1.82, 2.24) is 0 Å². The number of hydrogen-bond donors (Lipinski definition) is 2. The maximum atomic E-state index is 13.0. The van der Waals surface area contributed by atoms with Crippen LogP contribution in [0.15, 0.2) is 133 Å². The molecule has 8 heteroatoms. The lowest BCUT2D eigenvalue weighted by atomic mass is 9.67. The largest absolute Gasteiger partial charge is 0.322 e. The summed E-state index contributed by atoms with van der Waals surface area (Å²) >= 11 is 24.5. The van der Waals surface area contributed by atoms with Crippen LogP contribution in [0.5, 0.6) is 0 Å². The molecule has 0 fully saturated rings. The molecule has 0 spiro atoms. The lowest BCUT2D eigenvalue weighted by molar-refractivity contribution is 0.101. The fraction of sp³-hybridized carbons (Fsp3) is 0.0256. The van der Waals surface area contributed by atoms with Gasteiger partial charge in [-0.15, -0.1) is 0 Å². The smallest absolute Gasteiger partial charge is 0.255 e. The SMILES string of the molecule is O=C(Nc1ccc(C2(c3ccc(NC(=O)c4cc(Cl)cc(Cl)c4)cc3)c3ccccc3-c3ccccc32)cc1)c1cc(Cl)cc(Cl)c1. The minimum absolute atomic E-state index is 0.314. The maximum Gasteiger partial charge on any atom is 0.255 e. The normalized spacial score (nSPS) is 12.6. The Morgan fingerprint density at radius 3 is 1.15 bits per heavy atom. The number of anilines is 2. The summed E-state index contributed by atoms with van der Waals surface area (Å²) in [6.07, 6.45) is 0. The summed E-state index contributed by atoms with van der Waals surface area (Å²) in [4.78, 5) is 26.1. The van der Waals surface area contributed by atoms with Gasteiger partial charge in [-0.05, 0) is 94.0 Å². The number of carbonyl (C=O) groups excluding carboxylic acids is 2. The van der Waals surface area contributed by atoms with E-state index < -0.39 is 5.41 Å². The van der Waals surface area contributed by atoms with Gasteiger partial charge in [0.1, 0.15) is 0 Å². The standard InChI is InChI=1S/C39H24Cl4N2O2/c40-27-17-23(18-28(41)21-27)37(46)44-31-13-9-25(10-14-31)39(35-7-3-1-5-33(35)34-6-2-4-8-36(34)39)26-11-15-32(16-12-26)45-38(47)24-19-29(42)22-30(43)20-24/h1-22H,(H,44,46)(H,45,47). The number of fused-ring (bicyclic) bond motifs is 3. The Kier molecular flexibility index (Phi) is 8.29. The Bertz CT molecular complexity index is 1980. The van der Waals surface area contributed by atoms with Crippen LogP contribution in [-0.2, 0) is 5.41 Å². The average molecular weight is 694 g/mol. The molecule has 0 heterocycles. The minimum atomic E-state index is -0.667. The van der Waals surface area contributed by atoms with Crippen molar-refractivity contribution in [2.75, 3.05) is 10.6 Å². The zero-order chi connectivity index (χ0) is 32.7. The number of halogens is 4. The molecule has 0 aromatic heterocycles. The molecular formula is C39H24Cl4N2O2. The summed E-state index contributed by atoms with van der Waals surface area (Å²) in [5, 5.41) is 7.46. The molecule has 1 aliphatic carbocycles. The van der Waals surface area contributed by atoms with Gasteiger partial charge >= 0.3 is 0 Å². The van der Waals surface area contributed by atoms with Crippen LogP contribution in [0.4, 0.5) is 11.4 Å². The van der Waals surface area contributed by atoms with Crippen LogP contribution in [0.2, 0.25) is 20.1 Å². The molecule has 0 saturated carbocycles. The van der Waals surface area contributed by atoms with Gasteiger partial charge in [0.05, 0.1) is 5.41 Å². The summed E-state index contributed by atoms with van der Waals surface area (Å²) in [6.45, 7) is 0. The molecule has 4 nitrogen and oxygen atoms in total. The van der Waals surface area contributed by atoms with E-state index in [1.165, 1.54) is 0 Å². The molecule has 0 aliphatic heterocycles. The second-order valence-corrected chi connectivity index (χ2v) is 13.0. The van der Waals surface area contributed by atoms with E-state index in [4.69, 9.17) is 46.4 Å². The Morgan fingerprint density at radius 2 is 0.787 bits per heavy atom. The highest BCUT2D eigenvalue weighted by atomic mass is 35.5. The first-order chi connectivity index (χ1) is 22.7. The van der Waals surface area contributed by atoms with Crippen LogP contribution >= 0.6 is 46.4 Å². The second-order valence-electron chi connectivity index (χ2n) is 11.2. The number of hydrogen-bond acceptors (Lipinski definition) is 2. The van der Waals surface area contributed by atoms with Crippen LogP contribution in [0, 0.1) is 0 Å². The molecule has 47 heavy (non-hydrogen) atoms. The lowest BCUT2D eigenvalue weighted by Crippen LogP contribution is -2.28. The molecule has 0 saturated heterocycles. The molecule has 1 aliphatic rings. The van der Waals surface area contributed by atoms with E-state index in [0.717, 1.165) is 33.4 Å². The first-order valence-corrected chi connectivity index (χ1v) is 16.2. The zero-order valence-corrected chi connectivity index (χ0v) is 27.6. The Morgan fingerprint density at radius 1 is 0.447 bits per heavy atom. The molecule has 0 atom stereocenters. The molecule has 7 rings (SSSR count). The number of carbonyl (C=O) groups is 2. The van der Waals surface area contributed by atoms with Crippen LogP contribution < -0.4 is 10.6 Å². The van der Waals surface area contributed by atoms with E-state index in [2.05, 4.69) is 47.0 Å². The second kappa shape index (κ2) is 12.6. The van der Waals surface area contributed by atoms with Crippen molar-refractivity contribution < 1.29 is 9.59 Å². The van der Waals surface area contributed by atoms with Crippen molar-refractivity contribution in [3.05, 3.63) is 187 Å². The highest BCUT2D eigenvalue weighted by Gasteiger charge is 2.45. The Hall–Kier alpha value is -4.58. The predicted octanol–water partition coefficient (Wildman–Crippen LogP) is 11.2. The van der Waals surface area contributed by atoms with E-state index in [1.54, 1.807) is 36.4 Å². The highest BCUT2D eigenvalue weighted by molar-refractivity contribution is 6.36. The van der Waals surface area contributed by atoms with Crippen LogP contribution in [-0.4, -0.2) is 11.8 Å². The van der Waals surface area contributed by atoms with Crippen molar-refractivity contribution in [3.63, 3.8) is 0 Å². The fourth-order valence-electron chi connectivity index (χ4n) is 6.41. The van der Waals surface area contributed by atoms with Gasteiger partial charge in [-0.2, -0.15) is 0 Å². The van der Waals surface area contributed by atoms with Crippen molar-refractivity contribution in [3.8, 4) is 11.1 Å². The number of rotatable bonds is 6. The predicted molar refractivity (Wildman–Crippen MR) is 193 cm³/mol. The number of nitrogens with one attached hydrogen (secondary N) is 2. The van der Waals surface area contributed by atoms with Crippen LogP contribution in [0.1, 0.15) is 43.0 Å². The van der Waals surface area contributed by atoms with Crippen molar-refractivity contribution >= 4 is 69.6 Å². The lowest BCUT2D eigenvalue weighted by Gasteiger charge is -2.34. The number of benzene rings is 6. The van der Waals surface area contributed by atoms with Gasteiger partial charge in [0, 0.05) is 42.6 Å². The van der Waals surface area contributed by atoms with E-state index in [9.17, 15) is 9.59 Å². The molecule has 230 valence electrons. The van der Waals surface area contributed by atoms with E-state index >= 15 is 0 Å². The van der Waals surface area contributed by atoms with E-state index in [0.29, 0.717) is 42.6 Å². The molecule has 0 radical (unpaired) electrons. The third-order valence-corrected chi connectivity index (χ3v) is 9.23. The molecule has 0 unspecified atom stereocenters. The third-order valence-electron chi connectivity index (χ3n) is 8.35. The van der Waals surface area contributed by atoms with Crippen LogP contribution in [0.3, 0.4) is 0 Å². The zero-order valence-electron chi connectivity index (χ0n) is 24.5.